The van der Waals surface area contributed by atoms with Gasteiger partial charge >= 0.3 is 0 Å². The average Bonchev–Trinajstić information content (AvgIpc) is 3.05. The van der Waals surface area contributed by atoms with Gasteiger partial charge in [-0.1, -0.05) is 17.7 Å². The SMILES string of the molecule is Cc1c(Cl)cccc1NC(=O)CNC(=O)CN1CCc2sccc2C1. The van der Waals surface area contributed by atoms with Crippen molar-refractivity contribution in [3.8, 4) is 0 Å². The van der Waals surface area contributed by atoms with Crippen LogP contribution in [-0.4, -0.2) is 36.3 Å². The standard InChI is InChI=1S/C18H20ClN3O2S/c1-12-14(19)3-2-4-15(12)21-17(23)9-20-18(24)11-22-7-5-16-13(10-22)6-8-25-16/h2-4,6,8H,5,7,9-11H2,1H3,(H,20,24)(H,21,23). The summed E-state index contributed by atoms with van der Waals surface area (Å²) in [5.74, 6) is -0.408. The van der Waals surface area contributed by atoms with Crippen molar-refractivity contribution in [2.45, 2.75) is 19.9 Å². The van der Waals surface area contributed by atoms with Gasteiger partial charge in [-0.15, -0.1) is 11.3 Å². The van der Waals surface area contributed by atoms with Crippen LogP contribution in [0.15, 0.2) is 29.6 Å². The van der Waals surface area contributed by atoms with Gasteiger partial charge in [0.05, 0.1) is 13.1 Å². The summed E-state index contributed by atoms with van der Waals surface area (Å²) >= 11 is 7.81. The summed E-state index contributed by atoms with van der Waals surface area (Å²) in [6.45, 7) is 3.75. The topological polar surface area (TPSA) is 61.4 Å². The molecule has 2 amide bonds. The summed E-state index contributed by atoms with van der Waals surface area (Å²) in [6, 6.07) is 7.45. The Bertz CT molecular complexity index is 790. The van der Waals surface area contributed by atoms with Gasteiger partial charge in [0.2, 0.25) is 11.8 Å². The number of halogens is 1. The van der Waals surface area contributed by atoms with E-state index in [0.29, 0.717) is 17.3 Å². The van der Waals surface area contributed by atoms with Crippen LogP contribution in [-0.2, 0) is 22.6 Å². The molecule has 0 spiro atoms. The first-order valence-corrected chi connectivity index (χ1v) is 9.38. The van der Waals surface area contributed by atoms with Crippen molar-refractivity contribution < 1.29 is 9.59 Å². The third-order valence-electron chi connectivity index (χ3n) is 4.24. The minimum Gasteiger partial charge on any atom is -0.346 e. The Hall–Kier alpha value is -1.89. The lowest BCUT2D eigenvalue weighted by Crippen LogP contribution is -2.42. The Morgan fingerprint density at radius 3 is 2.96 bits per heavy atom. The minimum atomic E-state index is -0.266. The number of carbonyl (C=O) groups excluding carboxylic acids is 2. The maximum atomic E-state index is 12.1. The number of carbonyl (C=O) groups is 2. The molecular weight excluding hydrogens is 358 g/mol. The molecule has 2 heterocycles. The highest BCUT2D eigenvalue weighted by atomic mass is 35.5. The smallest absolute Gasteiger partial charge is 0.243 e. The molecule has 1 aromatic carbocycles. The quantitative estimate of drug-likeness (QED) is 0.842. The third-order valence-corrected chi connectivity index (χ3v) is 5.67. The van der Waals surface area contributed by atoms with Crippen LogP contribution in [0.4, 0.5) is 5.69 Å². The molecule has 2 N–H and O–H groups in total. The summed E-state index contributed by atoms with van der Waals surface area (Å²) in [5.41, 5.74) is 2.77. The van der Waals surface area contributed by atoms with Crippen LogP contribution < -0.4 is 10.6 Å². The van der Waals surface area contributed by atoms with Crippen molar-refractivity contribution in [2.24, 2.45) is 0 Å². The van der Waals surface area contributed by atoms with E-state index in [1.165, 1.54) is 10.4 Å². The average molecular weight is 378 g/mol. The molecule has 0 aliphatic carbocycles. The molecule has 7 heteroatoms. The third kappa shape index (κ3) is 4.60. The van der Waals surface area contributed by atoms with Crippen LogP contribution in [0.1, 0.15) is 16.0 Å². The van der Waals surface area contributed by atoms with Gasteiger partial charge < -0.3 is 10.6 Å². The van der Waals surface area contributed by atoms with Crippen LogP contribution in [0.2, 0.25) is 5.02 Å². The lowest BCUT2D eigenvalue weighted by molar-refractivity contribution is -0.125. The molecule has 0 bridgehead atoms. The highest BCUT2D eigenvalue weighted by molar-refractivity contribution is 7.10. The van der Waals surface area contributed by atoms with Crippen molar-refractivity contribution in [1.82, 2.24) is 10.2 Å². The number of anilines is 1. The van der Waals surface area contributed by atoms with Gasteiger partial charge in [0.25, 0.3) is 0 Å². The lowest BCUT2D eigenvalue weighted by Gasteiger charge is -2.26. The Kier molecular flexibility index (Phi) is 5.73. The van der Waals surface area contributed by atoms with E-state index in [0.717, 1.165) is 25.1 Å². The second kappa shape index (κ2) is 7.99. The first-order chi connectivity index (χ1) is 12.0. The van der Waals surface area contributed by atoms with E-state index in [1.54, 1.807) is 29.5 Å². The van der Waals surface area contributed by atoms with Gasteiger partial charge in [-0.25, -0.2) is 0 Å². The van der Waals surface area contributed by atoms with Crippen molar-refractivity contribution in [2.75, 3.05) is 25.0 Å². The maximum Gasteiger partial charge on any atom is 0.243 e. The van der Waals surface area contributed by atoms with Gasteiger partial charge in [0, 0.05) is 28.7 Å². The first kappa shape index (κ1) is 17.9. The summed E-state index contributed by atoms with van der Waals surface area (Å²) in [6.07, 6.45) is 0.981. The predicted molar refractivity (Wildman–Crippen MR) is 101 cm³/mol. The molecule has 2 aromatic rings. The number of benzene rings is 1. The van der Waals surface area contributed by atoms with E-state index in [9.17, 15) is 9.59 Å². The highest BCUT2D eigenvalue weighted by Gasteiger charge is 2.19. The van der Waals surface area contributed by atoms with E-state index in [-0.39, 0.29) is 18.4 Å². The number of nitrogens with one attached hydrogen (secondary N) is 2. The number of hydrogen-bond donors (Lipinski definition) is 2. The molecule has 5 nitrogen and oxygen atoms in total. The van der Waals surface area contributed by atoms with E-state index < -0.39 is 0 Å². The van der Waals surface area contributed by atoms with Crippen LogP contribution in [0.5, 0.6) is 0 Å². The number of nitrogens with zero attached hydrogens (tertiary/aromatic N) is 1. The number of amides is 2. The van der Waals surface area contributed by atoms with Gasteiger partial charge in [0.15, 0.2) is 0 Å². The second-order valence-electron chi connectivity index (χ2n) is 6.07. The Balaban J connectivity index is 1.44. The molecule has 0 saturated heterocycles. The number of hydrogen-bond acceptors (Lipinski definition) is 4. The first-order valence-electron chi connectivity index (χ1n) is 8.12. The molecule has 1 aliphatic rings. The Morgan fingerprint density at radius 1 is 1.28 bits per heavy atom. The molecule has 25 heavy (non-hydrogen) atoms. The normalized spacial score (nSPS) is 14.0. The van der Waals surface area contributed by atoms with Crippen LogP contribution in [0.25, 0.3) is 0 Å². The van der Waals surface area contributed by atoms with Gasteiger partial charge in [-0.3, -0.25) is 14.5 Å². The van der Waals surface area contributed by atoms with Crippen molar-refractivity contribution in [3.63, 3.8) is 0 Å². The second-order valence-corrected chi connectivity index (χ2v) is 7.47. The molecule has 1 aromatic heterocycles. The zero-order valence-electron chi connectivity index (χ0n) is 14.0. The largest absolute Gasteiger partial charge is 0.346 e. The fourth-order valence-corrected chi connectivity index (χ4v) is 3.88. The summed E-state index contributed by atoms with van der Waals surface area (Å²) in [4.78, 5) is 27.6. The summed E-state index contributed by atoms with van der Waals surface area (Å²) in [5, 5.41) is 8.14. The molecular formula is C18H20ClN3O2S. The maximum absolute atomic E-state index is 12.1. The number of thiophene rings is 1. The molecule has 0 atom stereocenters. The van der Waals surface area contributed by atoms with Crippen LogP contribution in [0, 0.1) is 6.92 Å². The number of fused-ring (bicyclic) bond motifs is 1. The Labute approximate surface area is 156 Å². The van der Waals surface area contributed by atoms with Crippen molar-refractivity contribution in [1.29, 1.82) is 0 Å². The van der Waals surface area contributed by atoms with Crippen molar-refractivity contribution in [3.05, 3.63) is 50.7 Å². The van der Waals surface area contributed by atoms with Crippen LogP contribution in [0.3, 0.4) is 0 Å². The minimum absolute atomic E-state index is 0.0532. The summed E-state index contributed by atoms with van der Waals surface area (Å²) < 4.78 is 0. The van der Waals surface area contributed by atoms with Gasteiger partial charge in [-0.2, -0.15) is 0 Å². The zero-order chi connectivity index (χ0) is 17.8. The van der Waals surface area contributed by atoms with E-state index in [2.05, 4.69) is 27.0 Å². The van der Waals surface area contributed by atoms with E-state index in [1.807, 2.05) is 6.92 Å². The molecule has 1 aliphatic heterocycles. The molecule has 0 radical (unpaired) electrons. The molecule has 0 unspecified atom stereocenters. The molecule has 0 fully saturated rings. The fourth-order valence-electron chi connectivity index (χ4n) is 2.82. The van der Waals surface area contributed by atoms with E-state index >= 15 is 0 Å². The lowest BCUT2D eigenvalue weighted by atomic mass is 10.1. The van der Waals surface area contributed by atoms with Gasteiger partial charge in [-0.05, 0) is 48.1 Å². The molecule has 0 saturated carbocycles. The summed E-state index contributed by atoms with van der Waals surface area (Å²) in [7, 11) is 0. The van der Waals surface area contributed by atoms with Crippen molar-refractivity contribution >= 4 is 40.4 Å². The van der Waals surface area contributed by atoms with Crippen LogP contribution >= 0.6 is 22.9 Å². The van der Waals surface area contributed by atoms with Gasteiger partial charge in [0.1, 0.15) is 0 Å². The monoisotopic (exact) mass is 377 g/mol. The van der Waals surface area contributed by atoms with E-state index in [4.69, 9.17) is 11.6 Å². The molecule has 132 valence electrons. The fraction of sp³-hybridized carbons (Fsp3) is 0.333. The molecule has 3 rings (SSSR count). The highest BCUT2D eigenvalue weighted by Crippen LogP contribution is 2.24. The predicted octanol–water partition coefficient (Wildman–Crippen LogP) is 2.82. The number of rotatable bonds is 5. The Morgan fingerprint density at radius 2 is 2.12 bits per heavy atom. The zero-order valence-corrected chi connectivity index (χ0v) is 15.5.